The summed E-state index contributed by atoms with van der Waals surface area (Å²) in [5.41, 5.74) is 8.39. The van der Waals surface area contributed by atoms with E-state index in [-0.39, 0.29) is 108 Å². The number of hydrogen-bond donors (Lipinski definition) is 4. The molecule has 0 saturated carbocycles. The summed E-state index contributed by atoms with van der Waals surface area (Å²) in [6, 6.07) is 76.3. The van der Waals surface area contributed by atoms with Gasteiger partial charge in [0, 0.05) is 59.2 Å². The highest BCUT2D eigenvalue weighted by atomic mass is 32.2. The minimum atomic E-state index is -4.16. The molecule has 4 aliphatic heterocycles. The second-order valence-corrected chi connectivity index (χ2v) is 34.9. The van der Waals surface area contributed by atoms with Crippen molar-refractivity contribution >= 4 is 21.2 Å². The predicted molar refractivity (Wildman–Crippen MR) is 450 cm³/mol. The lowest BCUT2D eigenvalue weighted by Crippen LogP contribution is -2.41. The van der Waals surface area contributed by atoms with Crippen LogP contribution in [0.5, 0.6) is 46.0 Å². The van der Waals surface area contributed by atoms with E-state index in [0.717, 1.165) is 93.9 Å². The molecule has 14 rings (SSSR count). The SMILES string of the molecule is CC(C)(c1ccc(OCC(O)CN(CC(O)COc2ccc(C(C)(C)c3ccc(OCC4CO4)cc3)cc2)c2ccc(S(=O)(=O)c3ccc(N(CC(O)COc4ccc(C(C)(C)c5ccc(OCC6CO6)cc5)cc4)CC(O)COc4ccc(C(C)(C)c5ccc(OCC6CO6)cc5)cc4)cc3)cc2)cc1)c1ccc(OCC2CO2)cc1. The van der Waals surface area contributed by atoms with Crippen LogP contribution in [0, 0.1) is 0 Å². The quantitative estimate of drug-likeness (QED) is 0.0259. The van der Waals surface area contributed by atoms with Gasteiger partial charge in [-0.3, -0.25) is 0 Å². The summed E-state index contributed by atoms with van der Waals surface area (Å²) in [7, 11) is -4.16. The molecule has 4 N–H and O–H groups in total. The number of anilines is 2. The zero-order valence-electron chi connectivity index (χ0n) is 67.8. The molecule has 616 valence electrons. The number of sulfone groups is 1. The number of ether oxygens (including phenoxy) is 12. The lowest BCUT2D eigenvalue weighted by molar-refractivity contribution is 0.0952. The largest absolute Gasteiger partial charge is 0.491 e. The van der Waals surface area contributed by atoms with Crippen LogP contribution in [0.4, 0.5) is 11.4 Å². The van der Waals surface area contributed by atoms with Crippen molar-refractivity contribution in [2.45, 2.75) is 136 Å². The van der Waals surface area contributed by atoms with Crippen molar-refractivity contribution in [2.75, 3.05) is 115 Å². The number of nitrogens with zero attached hydrogens (tertiary/aromatic N) is 2. The van der Waals surface area contributed by atoms with Gasteiger partial charge in [0.15, 0.2) is 0 Å². The average molecular weight is 1610 g/mol. The maximum absolute atomic E-state index is 14.7. The summed E-state index contributed by atoms with van der Waals surface area (Å²) in [6.45, 7) is 21.9. The van der Waals surface area contributed by atoms with Gasteiger partial charge in [0.25, 0.3) is 0 Å². The van der Waals surface area contributed by atoms with E-state index < -0.39 is 34.3 Å². The van der Waals surface area contributed by atoms with E-state index in [1.165, 1.54) is 24.3 Å². The molecule has 4 fully saturated rings. The first kappa shape index (κ1) is 83.3. The first-order chi connectivity index (χ1) is 56.3. The summed E-state index contributed by atoms with van der Waals surface area (Å²) in [6.07, 6.45) is -3.61. The zero-order chi connectivity index (χ0) is 81.9. The highest BCUT2D eigenvalue weighted by molar-refractivity contribution is 7.91. The van der Waals surface area contributed by atoms with Crippen molar-refractivity contribution in [3.8, 4) is 46.0 Å². The fourth-order valence-corrected chi connectivity index (χ4v) is 15.5. The summed E-state index contributed by atoms with van der Waals surface area (Å²) in [4.78, 5) is 3.58. The van der Waals surface area contributed by atoms with Gasteiger partial charge in [0.2, 0.25) is 9.84 Å². The molecule has 0 bridgehead atoms. The summed E-state index contributed by atoms with van der Waals surface area (Å²) in [5, 5.41) is 47.1. The van der Waals surface area contributed by atoms with Gasteiger partial charge >= 0.3 is 0 Å². The minimum absolute atomic E-state index is 0.000614. The Morgan fingerprint density at radius 1 is 0.282 bits per heavy atom. The standard InChI is InChI=1S/C96H108N2O18S/c1-93(2,69-17-37-83(38-18-69)109-57-87-61-113-87)65-9-29-79(30-10-65)105-53-75(99)49-97(50-76(100)54-106-80-31-11-66(12-32-80)94(3,4)70-19-39-84(40-20-70)110-58-88-62-114-88)73-25-45-91(46-26-73)117(103,104)92-47-27-74(28-48-92)98(51-77(101)55-107-81-33-13-67(14-34-81)95(5,6)71-21-41-85(42-22-71)111-59-89-63-115-89)52-78(102)56-108-82-35-15-68(16-36-82)96(7,8)72-23-43-86(44-24-72)112-60-90-64-116-90/h9-48,75-78,87-90,99-102H,49-64H2,1-8H3. The number of epoxide rings is 4. The summed E-state index contributed by atoms with van der Waals surface area (Å²) < 4.78 is 99.0. The van der Waals surface area contributed by atoms with Crippen LogP contribution in [-0.2, 0) is 50.4 Å². The number of rotatable bonds is 44. The predicted octanol–water partition coefficient (Wildman–Crippen LogP) is 14.3. The first-order valence-electron chi connectivity index (χ1n) is 40.3. The molecule has 4 saturated heterocycles. The van der Waals surface area contributed by atoms with Crippen molar-refractivity contribution < 1.29 is 85.7 Å². The zero-order valence-corrected chi connectivity index (χ0v) is 68.7. The van der Waals surface area contributed by atoms with Gasteiger partial charge in [0.05, 0.1) is 36.2 Å². The first-order valence-corrected chi connectivity index (χ1v) is 41.8. The van der Waals surface area contributed by atoms with Gasteiger partial charge in [-0.1, -0.05) is 152 Å². The summed E-state index contributed by atoms with van der Waals surface area (Å²) >= 11 is 0. The van der Waals surface area contributed by atoms with E-state index in [0.29, 0.717) is 60.8 Å². The highest BCUT2D eigenvalue weighted by Gasteiger charge is 2.32. The fraction of sp³-hybridized carbons (Fsp3) is 0.375. The van der Waals surface area contributed by atoms with E-state index in [1.807, 2.05) is 146 Å². The molecule has 4 aliphatic rings. The van der Waals surface area contributed by atoms with Gasteiger partial charge in [-0.15, -0.1) is 0 Å². The Labute approximate surface area is 687 Å². The Hall–Kier alpha value is -10.2. The van der Waals surface area contributed by atoms with Crippen LogP contribution in [-0.4, -0.2) is 183 Å². The molecule has 0 aliphatic carbocycles. The van der Waals surface area contributed by atoms with Crippen molar-refractivity contribution in [1.29, 1.82) is 0 Å². The fourth-order valence-electron chi connectivity index (χ4n) is 14.2. The number of aliphatic hydroxyl groups excluding tert-OH is 4. The molecular formula is C96H108N2O18S. The Balaban J connectivity index is 0.642. The molecule has 8 atom stereocenters. The second kappa shape index (κ2) is 36.8. The van der Waals surface area contributed by atoms with Crippen LogP contribution in [0.3, 0.4) is 0 Å². The van der Waals surface area contributed by atoms with Crippen molar-refractivity contribution in [1.82, 2.24) is 0 Å². The Bertz CT molecular complexity index is 4360. The van der Waals surface area contributed by atoms with E-state index in [2.05, 4.69) is 104 Å². The lowest BCUT2D eigenvalue weighted by atomic mass is 9.78. The highest BCUT2D eigenvalue weighted by Crippen LogP contribution is 2.39. The van der Waals surface area contributed by atoms with E-state index >= 15 is 0 Å². The molecule has 0 spiro atoms. The van der Waals surface area contributed by atoms with Gasteiger partial charge in [-0.05, 0) is 190 Å². The lowest BCUT2D eigenvalue weighted by Gasteiger charge is -2.30. The minimum Gasteiger partial charge on any atom is -0.491 e. The summed E-state index contributed by atoms with van der Waals surface area (Å²) in [5.74, 6) is 5.40. The number of hydrogen-bond acceptors (Lipinski definition) is 20. The molecule has 0 amide bonds. The average Bonchev–Trinajstić information content (AvgIpc) is 1.55. The second-order valence-electron chi connectivity index (χ2n) is 32.9. The Morgan fingerprint density at radius 3 is 0.607 bits per heavy atom. The Kier molecular flexibility index (Phi) is 26.2. The van der Waals surface area contributed by atoms with Crippen LogP contribution < -0.4 is 47.7 Å². The van der Waals surface area contributed by atoms with Gasteiger partial charge in [0.1, 0.15) is 148 Å². The molecule has 0 radical (unpaired) electrons. The van der Waals surface area contributed by atoms with E-state index in [4.69, 9.17) is 56.8 Å². The van der Waals surface area contributed by atoms with E-state index in [9.17, 15) is 28.8 Å². The van der Waals surface area contributed by atoms with Crippen LogP contribution in [0.2, 0.25) is 0 Å². The smallest absolute Gasteiger partial charge is 0.206 e. The molecule has 20 nitrogen and oxygen atoms in total. The molecular weight excluding hydrogens is 1500 g/mol. The van der Waals surface area contributed by atoms with Crippen molar-refractivity contribution in [2.24, 2.45) is 0 Å². The molecule has 8 unspecified atom stereocenters. The van der Waals surface area contributed by atoms with Crippen LogP contribution >= 0.6 is 0 Å². The van der Waals surface area contributed by atoms with Gasteiger partial charge < -0.3 is 87.1 Å². The van der Waals surface area contributed by atoms with Crippen molar-refractivity contribution in [3.63, 3.8) is 0 Å². The number of aliphatic hydroxyl groups is 4. The third-order valence-electron chi connectivity index (χ3n) is 22.5. The molecule has 117 heavy (non-hydrogen) atoms. The molecule has 21 heteroatoms. The molecule has 10 aromatic rings. The van der Waals surface area contributed by atoms with E-state index in [1.54, 1.807) is 34.1 Å². The Morgan fingerprint density at radius 2 is 0.444 bits per heavy atom. The maximum Gasteiger partial charge on any atom is 0.206 e. The molecule has 0 aromatic heterocycles. The van der Waals surface area contributed by atoms with Gasteiger partial charge in [-0.2, -0.15) is 0 Å². The molecule has 10 aromatic carbocycles. The maximum atomic E-state index is 14.7. The normalized spacial score (nSPS) is 17.5. The monoisotopic (exact) mass is 1610 g/mol. The van der Waals surface area contributed by atoms with Crippen LogP contribution in [0.1, 0.15) is 99.9 Å². The molecule has 4 heterocycles. The van der Waals surface area contributed by atoms with Crippen molar-refractivity contribution in [3.05, 3.63) is 287 Å². The van der Waals surface area contributed by atoms with Gasteiger partial charge in [-0.25, -0.2) is 8.42 Å². The number of benzene rings is 10. The van der Waals surface area contributed by atoms with Crippen LogP contribution in [0.15, 0.2) is 252 Å². The third-order valence-corrected chi connectivity index (χ3v) is 24.3. The van der Waals surface area contributed by atoms with Crippen LogP contribution in [0.25, 0.3) is 0 Å². The third kappa shape index (κ3) is 22.4. The topological polar surface area (TPSA) is 245 Å².